The van der Waals surface area contributed by atoms with E-state index in [0.717, 1.165) is 22.3 Å². The van der Waals surface area contributed by atoms with Crippen LogP contribution in [0.4, 0.5) is 4.79 Å². The quantitative estimate of drug-likeness (QED) is 0.509. The minimum absolute atomic E-state index is 0.0899. The van der Waals surface area contributed by atoms with Gasteiger partial charge in [0, 0.05) is 12.5 Å². The van der Waals surface area contributed by atoms with Crippen molar-refractivity contribution in [3.8, 4) is 11.1 Å². The Kier molecular flexibility index (Phi) is 6.38. The number of carbonyl (C=O) groups is 3. The van der Waals surface area contributed by atoms with Gasteiger partial charge in [0.05, 0.1) is 12.6 Å². The standard InChI is InChI=1S/C23H24N2O7/c26-11-19(22(28)29)24-21(27)20-18(9-10-31-20)25-23(30)32-12-17-15-7-3-1-5-13(15)14-6-2-4-8-16(14)17/h1-8,17-20,26H,9-12H2,(H,24,27)(H,25,30)(H,28,29)/t18-,19-,20+/m1/s1. The lowest BCUT2D eigenvalue weighted by Gasteiger charge is -2.21. The summed E-state index contributed by atoms with van der Waals surface area (Å²) in [6.07, 6.45) is -1.37. The predicted molar refractivity (Wildman–Crippen MR) is 113 cm³/mol. The second-order valence-electron chi connectivity index (χ2n) is 7.74. The molecule has 9 nitrogen and oxygen atoms in total. The van der Waals surface area contributed by atoms with Crippen LogP contribution in [0.25, 0.3) is 11.1 Å². The third-order valence-corrected chi connectivity index (χ3v) is 5.79. The van der Waals surface area contributed by atoms with Gasteiger partial charge in [-0.3, -0.25) is 4.79 Å². The number of rotatable bonds is 7. The zero-order valence-corrected chi connectivity index (χ0v) is 17.2. The van der Waals surface area contributed by atoms with E-state index in [0.29, 0.717) is 6.42 Å². The number of carboxylic acid groups (broad SMARTS) is 1. The van der Waals surface area contributed by atoms with Crippen molar-refractivity contribution in [3.63, 3.8) is 0 Å². The molecule has 0 bridgehead atoms. The Morgan fingerprint density at radius 1 is 1.06 bits per heavy atom. The van der Waals surface area contributed by atoms with Gasteiger partial charge in [0.2, 0.25) is 0 Å². The Morgan fingerprint density at radius 2 is 1.69 bits per heavy atom. The van der Waals surface area contributed by atoms with Crippen molar-refractivity contribution in [2.45, 2.75) is 30.5 Å². The molecule has 1 fully saturated rings. The highest BCUT2D eigenvalue weighted by Crippen LogP contribution is 2.44. The summed E-state index contributed by atoms with van der Waals surface area (Å²) < 4.78 is 10.9. The molecule has 0 unspecified atom stereocenters. The summed E-state index contributed by atoms with van der Waals surface area (Å²) in [4.78, 5) is 35.9. The van der Waals surface area contributed by atoms with Crippen LogP contribution in [-0.4, -0.2) is 66.2 Å². The van der Waals surface area contributed by atoms with Crippen molar-refractivity contribution in [2.75, 3.05) is 19.8 Å². The third kappa shape index (κ3) is 4.30. The first kappa shape index (κ1) is 21.8. The molecule has 9 heteroatoms. The maximum absolute atomic E-state index is 12.5. The topological polar surface area (TPSA) is 134 Å². The van der Waals surface area contributed by atoms with Crippen LogP contribution in [0.3, 0.4) is 0 Å². The lowest BCUT2D eigenvalue weighted by Crippen LogP contribution is -2.53. The fraction of sp³-hybridized carbons (Fsp3) is 0.348. The Morgan fingerprint density at radius 3 is 2.28 bits per heavy atom. The Bertz CT molecular complexity index is 979. The number of carboxylic acids is 1. The van der Waals surface area contributed by atoms with E-state index in [2.05, 4.69) is 10.6 Å². The summed E-state index contributed by atoms with van der Waals surface area (Å²) >= 11 is 0. The first-order valence-corrected chi connectivity index (χ1v) is 10.4. The second kappa shape index (κ2) is 9.37. The molecule has 2 amide bonds. The summed E-state index contributed by atoms with van der Waals surface area (Å²) in [5.41, 5.74) is 4.42. The van der Waals surface area contributed by atoms with Crippen LogP contribution in [0, 0.1) is 0 Å². The van der Waals surface area contributed by atoms with E-state index in [4.69, 9.17) is 19.7 Å². The van der Waals surface area contributed by atoms with Gasteiger partial charge >= 0.3 is 12.1 Å². The number of hydrogen-bond acceptors (Lipinski definition) is 6. The summed E-state index contributed by atoms with van der Waals surface area (Å²) in [6, 6.07) is 13.9. The van der Waals surface area contributed by atoms with Gasteiger partial charge in [-0.05, 0) is 28.7 Å². The molecule has 1 heterocycles. The van der Waals surface area contributed by atoms with E-state index in [9.17, 15) is 14.4 Å². The minimum atomic E-state index is -1.44. The summed E-state index contributed by atoms with van der Waals surface area (Å²) in [7, 11) is 0. The first-order chi connectivity index (χ1) is 15.5. The van der Waals surface area contributed by atoms with Gasteiger partial charge in [-0.15, -0.1) is 0 Å². The molecule has 2 aliphatic rings. The van der Waals surface area contributed by atoms with E-state index >= 15 is 0 Å². The number of nitrogens with one attached hydrogen (secondary N) is 2. The zero-order chi connectivity index (χ0) is 22.7. The van der Waals surface area contributed by atoms with Crippen LogP contribution in [0.15, 0.2) is 48.5 Å². The molecule has 2 aromatic carbocycles. The molecule has 0 radical (unpaired) electrons. The molecule has 2 aromatic rings. The Labute approximate surface area is 184 Å². The van der Waals surface area contributed by atoms with Crippen molar-refractivity contribution in [3.05, 3.63) is 59.7 Å². The molecule has 1 saturated heterocycles. The van der Waals surface area contributed by atoms with Crippen molar-refractivity contribution in [1.29, 1.82) is 0 Å². The van der Waals surface area contributed by atoms with E-state index < -0.39 is 42.8 Å². The number of amides is 2. The number of aliphatic hydroxyl groups is 1. The SMILES string of the molecule is O=C(N[C@@H]1CCO[C@@H]1C(=O)N[C@H](CO)C(=O)O)OCC1c2ccccc2-c2ccccc21. The van der Waals surface area contributed by atoms with Crippen LogP contribution in [0.1, 0.15) is 23.5 Å². The largest absolute Gasteiger partial charge is 0.480 e. The van der Waals surface area contributed by atoms with Gasteiger partial charge in [0.15, 0.2) is 6.10 Å². The molecule has 0 spiro atoms. The third-order valence-electron chi connectivity index (χ3n) is 5.79. The summed E-state index contributed by atoms with van der Waals surface area (Å²) in [5, 5.41) is 22.9. The van der Waals surface area contributed by atoms with Crippen LogP contribution >= 0.6 is 0 Å². The van der Waals surface area contributed by atoms with Crippen LogP contribution in [0.5, 0.6) is 0 Å². The van der Waals surface area contributed by atoms with E-state index in [-0.39, 0.29) is 19.1 Å². The van der Waals surface area contributed by atoms with Crippen molar-refractivity contribution in [1.82, 2.24) is 10.6 Å². The fourth-order valence-corrected chi connectivity index (χ4v) is 4.23. The minimum Gasteiger partial charge on any atom is -0.480 e. The number of carbonyl (C=O) groups excluding carboxylic acids is 2. The summed E-state index contributed by atoms with van der Waals surface area (Å²) in [5.74, 6) is -2.17. The number of hydrogen-bond donors (Lipinski definition) is 4. The van der Waals surface area contributed by atoms with Crippen molar-refractivity contribution in [2.24, 2.45) is 0 Å². The monoisotopic (exact) mass is 440 g/mol. The lowest BCUT2D eigenvalue weighted by molar-refractivity contribution is -0.145. The van der Waals surface area contributed by atoms with Gasteiger partial charge in [-0.1, -0.05) is 48.5 Å². The highest BCUT2D eigenvalue weighted by molar-refractivity contribution is 5.87. The van der Waals surface area contributed by atoms with Gasteiger partial charge in [-0.2, -0.15) is 0 Å². The van der Waals surface area contributed by atoms with Crippen molar-refractivity contribution >= 4 is 18.0 Å². The molecule has 0 aromatic heterocycles. The highest BCUT2D eigenvalue weighted by atomic mass is 16.6. The molecule has 4 N–H and O–H groups in total. The van der Waals surface area contributed by atoms with Crippen LogP contribution in [0.2, 0.25) is 0 Å². The molecule has 0 saturated carbocycles. The molecular weight excluding hydrogens is 416 g/mol. The Hall–Kier alpha value is -3.43. The number of ether oxygens (including phenoxy) is 2. The lowest BCUT2D eigenvalue weighted by atomic mass is 9.98. The molecule has 1 aliphatic heterocycles. The molecular formula is C23H24N2O7. The van der Waals surface area contributed by atoms with Gasteiger partial charge in [-0.25, -0.2) is 9.59 Å². The maximum Gasteiger partial charge on any atom is 0.407 e. The van der Waals surface area contributed by atoms with Gasteiger partial charge in [0.1, 0.15) is 12.6 Å². The average Bonchev–Trinajstić information content (AvgIpc) is 3.38. The van der Waals surface area contributed by atoms with Gasteiger partial charge < -0.3 is 30.3 Å². The summed E-state index contributed by atoms with van der Waals surface area (Å²) in [6.45, 7) is -0.391. The Balaban J connectivity index is 1.37. The molecule has 3 atom stereocenters. The predicted octanol–water partition coefficient (Wildman–Crippen LogP) is 1.24. The van der Waals surface area contributed by atoms with Gasteiger partial charge in [0.25, 0.3) is 5.91 Å². The van der Waals surface area contributed by atoms with E-state index in [1.165, 1.54) is 0 Å². The number of aliphatic hydroxyl groups excluding tert-OH is 1. The number of fused-ring (bicyclic) bond motifs is 3. The molecule has 168 valence electrons. The number of benzene rings is 2. The van der Waals surface area contributed by atoms with Crippen LogP contribution < -0.4 is 10.6 Å². The molecule has 32 heavy (non-hydrogen) atoms. The normalized spacial score (nSPS) is 20.2. The number of alkyl carbamates (subject to hydrolysis) is 1. The second-order valence-corrected chi connectivity index (χ2v) is 7.74. The maximum atomic E-state index is 12.5. The fourth-order valence-electron chi connectivity index (χ4n) is 4.23. The first-order valence-electron chi connectivity index (χ1n) is 10.4. The van der Waals surface area contributed by atoms with E-state index in [1.54, 1.807) is 0 Å². The van der Waals surface area contributed by atoms with E-state index in [1.807, 2.05) is 48.5 Å². The molecule has 1 aliphatic carbocycles. The number of aliphatic carboxylic acids is 1. The smallest absolute Gasteiger partial charge is 0.407 e. The van der Waals surface area contributed by atoms with Crippen molar-refractivity contribution < 1.29 is 34.1 Å². The van der Waals surface area contributed by atoms with Crippen LogP contribution in [-0.2, 0) is 19.1 Å². The zero-order valence-electron chi connectivity index (χ0n) is 17.2. The molecule has 4 rings (SSSR count). The highest BCUT2D eigenvalue weighted by Gasteiger charge is 2.37. The average molecular weight is 440 g/mol.